The van der Waals surface area contributed by atoms with Crippen LogP contribution in [-0.2, 0) is 4.84 Å². The van der Waals surface area contributed by atoms with E-state index in [9.17, 15) is 9.18 Å². The Labute approximate surface area is 122 Å². The van der Waals surface area contributed by atoms with Crippen molar-refractivity contribution in [3.8, 4) is 0 Å². The topological polar surface area (TPSA) is 50.7 Å². The Morgan fingerprint density at radius 3 is 2.62 bits per heavy atom. The largest absolute Gasteiger partial charge is 0.399 e. The van der Waals surface area contributed by atoms with E-state index in [1.165, 1.54) is 19.4 Å². The maximum absolute atomic E-state index is 13.6. The highest BCUT2D eigenvalue weighted by Crippen LogP contribution is 2.16. The van der Waals surface area contributed by atoms with Gasteiger partial charge in [0.1, 0.15) is 12.9 Å². The van der Waals surface area contributed by atoms with Gasteiger partial charge in [-0.05, 0) is 42.3 Å². The molecule has 0 aliphatic heterocycles. The summed E-state index contributed by atoms with van der Waals surface area (Å²) in [7, 11) is 1.45. The number of aryl methyl sites for hydroxylation is 1. The zero-order valence-corrected chi connectivity index (χ0v) is 11.8. The van der Waals surface area contributed by atoms with Crippen LogP contribution in [0.25, 0.3) is 0 Å². The molecule has 0 saturated carbocycles. The smallest absolute Gasteiger partial charge is 0.255 e. The van der Waals surface area contributed by atoms with Crippen LogP contribution in [0.1, 0.15) is 21.5 Å². The van der Waals surface area contributed by atoms with Crippen LogP contribution in [0.4, 0.5) is 10.1 Å². The van der Waals surface area contributed by atoms with Crippen LogP contribution in [0, 0.1) is 12.7 Å². The summed E-state index contributed by atoms with van der Waals surface area (Å²) in [5.41, 5.74) is 2.28. The summed E-state index contributed by atoms with van der Waals surface area (Å²) in [6.45, 7) is 1.83. The first-order valence-electron chi connectivity index (χ1n) is 6.34. The van der Waals surface area contributed by atoms with Gasteiger partial charge < -0.3 is 10.2 Å². The van der Waals surface area contributed by atoms with Crippen LogP contribution < -0.4 is 5.32 Å². The highest BCUT2D eigenvalue weighted by atomic mass is 19.1. The summed E-state index contributed by atoms with van der Waals surface area (Å²) < 4.78 is 13.6. The summed E-state index contributed by atoms with van der Waals surface area (Å²) in [6, 6.07) is 11.3. The molecule has 0 unspecified atom stereocenters. The van der Waals surface area contributed by atoms with Gasteiger partial charge in [-0.15, -0.1) is 0 Å². The zero-order valence-electron chi connectivity index (χ0n) is 11.8. The summed E-state index contributed by atoms with van der Waals surface area (Å²) in [5, 5.41) is 6.19. The molecule has 2 rings (SSSR count). The van der Waals surface area contributed by atoms with Crippen molar-refractivity contribution in [2.24, 2.45) is 5.16 Å². The highest BCUT2D eigenvalue weighted by molar-refractivity contribution is 6.04. The van der Waals surface area contributed by atoms with E-state index in [0.29, 0.717) is 5.56 Å². The molecule has 1 amide bonds. The number of rotatable bonds is 4. The van der Waals surface area contributed by atoms with Crippen molar-refractivity contribution in [1.82, 2.24) is 0 Å². The second-order valence-corrected chi connectivity index (χ2v) is 4.48. The molecule has 0 heterocycles. The molecule has 0 aliphatic carbocycles. The van der Waals surface area contributed by atoms with Crippen LogP contribution in [0.5, 0.6) is 0 Å². The van der Waals surface area contributed by atoms with Gasteiger partial charge in [0, 0.05) is 5.56 Å². The number of oxime groups is 1. The predicted octanol–water partition coefficient (Wildman–Crippen LogP) is 3.37. The molecule has 0 spiro atoms. The molecule has 108 valence electrons. The molecule has 2 aromatic carbocycles. The first-order chi connectivity index (χ1) is 10.1. The van der Waals surface area contributed by atoms with Gasteiger partial charge in [0.05, 0.1) is 11.9 Å². The number of carbonyl (C=O) groups excluding carboxylic acids is 1. The number of hydrogen-bond acceptors (Lipinski definition) is 3. The van der Waals surface area contributed by atoms with Gasteiger partial charge in [-0.25, -0.2) is 4.39 Å². The minimum Gasteiger partial charge on any atom is -0.399 e. The lowest BCUT2D eigenvalue weighted by atomic mass is 10.1. The number of halogens is 1. The van der Waals surface area contributed by atoms with Crippen LogP contribution >= 0.6 is 0 Å². The molecule has 0 saturated heterocycles. The average Bonchev–Trinajstić information content (AvgIpc) is 2.49. The maximum atomic E-state index is 13.6. The lowest BCUT2D eigenvalue weighted by Gasteiger charge is -2.07. The van der Waals surface area contributed by atoms with E-state index in [0.717, 1.165) is 11.1 Å². The number of nitrogens with zero attached hydrogens (tertiary/aromatic N) is 1. The number of hydrogen-bond donors (Lipinski definition) is 1. The van der Waals surface area contributed by atoms with Crippen molar-refractivity contribution in [3.05, 3.63) is 65.0 Å². The summed E-state index contributed by atoms with van der Waals surface area (Å²) in [6.07, 6.45) is 1.53. The molecule has 0 atom stereocenters. The first kappa shape index (κ1) is 14.7. The third-order valence-corrected chi connectivity index (χ3v) is 2.85. The van der Waals surface area contributed by atoms with Crippen molar-refractivity contribution in [3.63, 3.8) is 0 Å². The van der Waals surface area contributed by atoms with Gasteiger partial charge in [-0.1, -0.05) is 23.4 Å². The summed E-state index contributed by atoms with van der Waals surface area (Å²) >= 11 is 0. The van der Waals surface area contributed by atoms with Crippen molar-refractivity contribution >= 4 is 17.8 Å². The van der Waals surface area contributed by atoms with Gasteiger partial charge >= 0.3 is 0 Å². The van der Waals surface area contributed by atoms with Crippen LogP contribution in [-0.4, -0.2) is 19.2 Å². The zero-order chi connectivity index (χ0) is 15.2. The number of anilines is 1. The first-order valence-corrected chi connectivity index (χ1v) is 6.34. The number of amides is 1. The summed E-state index contributed by atoms with van der Waals surface area (Å²) in [4.78, 5) is 16.6. The molecular weight excluding hydrogens is 271 g/mol. The second kappa shape index (κ2) is 6.65. The average molecular weight is 286 g/mol. The number of carbonyl (C=O) groups is 1. The second-order valence-electron chi connectivity index (χ2n) is 4.48. The molecule has 5 heteroatoms. The van der Waals surface area contributed by atoms with Crippen molar-refractivity contribution in [2.45, 2.75) is 6.92 Å². The van der Waals surface area contributed by atoms with Crippen LogP contribution in [0.15, 0.2) is 47.6 Å². The number of nitrogens with one attached hydrogen (secondary N) is 1. The third-order valence-electron chi connectivity index (χ3n) is 2.85. The van der Waals surface area contributed by atoms with Crippen molar-refractivity contribution in [1.29, 1.82) is 0 Å². The van der Waals surface area contributed by atoms with Gasteiger partial charge in [0.15, 0.2) is 0 Å². The Balaban J connectivity index is 2.13. The van der Waals surface area contributed by atoms with E-state index in [1.54, 1.807) is 36.4 Å². The lowest BCUT2D eigenvalue weighted by Crippen LogP contribution is -2.13. The van der Waals surface area contributed by atoms with Gasteiger partial charge in [-0.2, -0.15) is 0 Å². The number of benzene rings is 2. The van der Waals surface area contributed by atoms with Gasteiger partial charge in [-0.3, -0.25) is 4.79 Å². The highest BCUT2D eigenvalue weighted by Gasteiger charge is 2.09. The Kier molecular flexibility index (Phi) is 4.66. The molecule has 0 bridgehead atoms. The fourth-order valence-electron chi connectivity index (χ4n) is 1.76. The van der Waals surface area contributed by atoms with Gasteiger partial charge in [0.25, 0.3) is 5.91 Å². The normalized spacial score (nSPS) is 10.6. The van der Waals surface area contributed by atoms with E-state index in [4.69, 9.17) is 0 Å². The molecule has 21 heavy (non-hydrogen) atoms. The van der Waals surface area contributed by atoms with E-state index in [2.05, 4.69) is 15.3 Å². The fraction of sp³-hybridized carbons (Fsp3) is 0.125. The Hall–Kier alpha value is -2.69. The molecular formula is C16H15FN2O2. The summed E-state index contributed by atoms with van der Waals surface area (Å²) in [5.74, 6) is -0.826. The van der Waals surface area contributed by atoms with Crippen molar-refractivity contribution < 1.29 is 14.0 Å². The molecule has 1 N–H and O–H groups in total. The van der Waals surface area contributed by atoms with Gasteiger partial charge in [0.2, 0.25) is 0 Å². The predicted molar refractivity (Wildman–Crippen MR) is 80.1 cm³/mol. The monoisotopic (exact) mass is 286 g/mol. The van der Waals surface area contributed by atoms with E-state index in [1.807, 2.05) is 6.92 Å². The minimum absolute atomic E-state index is 0.171. The lowest BCUT2D eigenvalue weighted by molar-refractivity contribution is 0.102. The van der Waals surface area contributed by atoms with Crippen LogP contribution in [0.2, 0.25) is 0 Å². The fourth-order valence-corrected chi connectivity index (χ4v) is 1.76. The molecule has 0 aromatic heterocycles. The van der Waals surface area contributed by atoms with E-state index >= 15 is 0 Å². The Bertz CT molecular complexity index is 666. The SMILES string of the molecule is CO/N=C/c1ccc(C(=O)Nc2cc(C)ccc2F)cc1. The maximum Gasteiger partial charge on any atom is 0.255 e. The van der Waals surface area contributed by atoms with E-state index < -0.39 is 5.82 Å². The molecule has 4 nitrogen and oxygen atoms in total. The molecule has 2 aromatic rings. The third kappa shape index (κ3) is 3.89. The molecule has 0 aliphatic rings. The Morgan fingerprint density at radius 2 is 1.95 bits per heavy atom. The minimum atomic E-state index is -0.460. The van der Waals surface area contributed by atoms with E-state index in [-0.39, 0.29) is 11.6 Å². The standard InChI is InChI=1S/C16H15FN2O2/c1-11-3-8-14(17)15(9-11)19-16(20)13-6-4-12(5-7-13)10-18-21-2/h3-10H,1-2H3,(H,19,20)/b18-10+. The van der Waals surface area contributed by atoms with Crippen molar-refractivity contribution in [2.75, 3.05) is 12.4 Å². The molecule has 0 fully saturated rings. The van der Waals surface area contributed by atoms with Crippen LogP contribution in [0.3, 0.4) is 0 Å². The quantitative estimate of drug-likeness (QED) is 0.692. The molecule has 0 radical (unpaired) electrons. The Morgan fingerprint density at radius 1 is 1.24 bits per heavy atom.